The van der Waals surface area contributed by atoms with E-state index in [9.17, 15) is 9.18 Å². The number of rotatable bonds is 6. The van der Waals surface area contributed by atoms with Crippen LogP contribution in [0.25, 0.3) is 0 Å². The van der Waals surface area contributed by atoms with Crippen LogP contribution >= 0.6 is 0 Å². The van der Waals surface area contributed by atoms with Gasteiger partial charge in [0.15, 0.2) is 11.5 Å². The molecule has 1 amide bonds. The van der Waals surface area contributed by atoms with Crippen LogP contribution in [0, 0.1) is 5.82 Å². The molecular formula is C23H27FN2O3. The summed E-state index contributed by atoms with van der Waals surface area (Å²) in [4.78, 5) is 14.7. The highest BCUT2D eigenvalue weighted by atomic mass is 19.1. The predicted octanol–water partition coefficient (Wildman–Crippen LogP) is 5.01. The molecule has 0 radical (unpaired) electrons. The molecule has 1 heterocycles. The molecule has 154 valence electrons. The Balaban J connectivity index is 1.45. The maximum absolute atomic E-state index is 14.5. The molecule has 1 N–H and O–H groups in total. The molecule has 1 aliphatic carbocycles. The van der Waals surface area contributed by atoms with Crippen LogP contribution in [-0.2, 0) is 0 Å². The molecule has 2 fully saturated rings. The molecular weight excluding hydrogens is 371 g/mol. The van der Waals surface area contributed by atoms with E-state index < -0.39 is 0 Å². The topological polar surface area (TPSA) is 50.8 Å². The van der Waals surface area contributed by atoms with E-state index in [4.69, 9.17) is 9.47 Å². The van der Waals surface area contributed by atoms with E-state index in [0.717, 1.165) is 38.8 Å². The SMILES string of the molecule is COc1cc(C(=O)Nc2ccc(N3CCCC3)c(F)c2)ccc1OC1CCCC1. The summed E-state index contributed by atoms with van der Waals surface area (Å²) >= 11 is 0. The Labute approximate surface area is 170 Å². The normalized spacial score (nSPS) is 16.8. The second kappa shape index (κ2) is 8.72. The molecule has 6 heteroatoms. The standard InChI is InChI=1S/C23H27FN2O3/c1-28-22-14-16(8-11-21(22)29-18-6-2-3-7-18)23(27)25-17-9-10-20(19(24)15-17)26-12-4-5-13-26/h8-11,14-15,18H,2-7,12-13H2,1H3,(H,25,27). The smallest absolute Gasteiger partial charge is 0.255 e. The molecule has 0 aromatic heterocycles. The van der Waals surface area contributed by atoms with Gasteiger partial charge in [0.05, 0.1) is 18.9 Å². The second-order valence-corrected chi connectivity index (χ2v) is 7.70. The van der Waals surface area contributed by atoms with Crippen molar-refractivity contribution >= 4 is 17.3 Å². The minimum absolute atomic E-state index is 0.209. The largest absolute Gasteiger partial charge is 0.493 e. The molecule has 29 heavy (non-hydrogen) atoms. The quantitative estimate of drug-likeness (QED) is 0.743. The van der Waals surface area contributed by atoms with Gasteiger partial charge in [0, 0.05) is 24.3 Å². The molecule has 5 nitrogen and oxygen atoms in total. The third-order valence-electron chi connectivity index (χ3n) is 5.67. The summed E-state index contributed by atoms with van der Waals surface area (Å²) < 4.78 is 25.9. The number of hydrogen-bond acceptors (Lipinski definition) is 4. The summed E-state index contributed by atoms with van der Waals surface area (Å²) in [6.45, 7) is 1.75. The third-order valence-corrected chi connectivity index (χ3v) is 5.67. The minimum atomic E-state index is -0.317. The fourth-order valence-corrected chi connectivity index (χ4v) is 4.09. The Hall–Kier alpha value is -2.76. The number of methoxy groups -OCH3 is 1. The number of amides is 1. The van der Waals surface area contributed by atoms with E-state index in [2.05, 4.69) is 5.32 Å². The van der Waals surface area contributed by atoms with E-state index in [1.807, 2.05) is 4.90 Å². The number of nitrogens with one attached hydrogen (secondary N) is 1. The molecule has 0 unspecified atom stereocenters. The van der Waals surface area contributed by atoms with Gasteiger partial charge in [-0.15, -0.1) is 0 Å². The summed E-state index contributed by atoms with van der Waals surface area (Å²) in [6, 6.07) is 9.98. The lowest BCUT2D eigenvalue weighted by atomic mass is 10.1. The number of ether oxygens (including phenoxy) is 2. The third kappa shape index (κ3) is 4.47. The zero-order valence-corrected chi connectivity index (χ0v) is 16.7. The van der Waals surface area contributed by atoms with E-state index in [-0.39, 0.29) is 17.8 Å². The minimum Gasteiger partial charge on any atom is -0.493 e. The van der Waals surface area contributed by atoms with Gasteiger partial charge in [0.1, 0.15) is 5.82 Å². The van der Waals surface area contributed by atoms with Gasteiger partial charge < -0.3 is 19.7 Å². The van der Waals surface area contributed by atoms with Crippen molar-refractivity contribution in [3.63, 3.8) is 0 Å². The van der Waals surface area contributed by atoms with Crippen LogP contribution in [0.2, 0.25) is 0 Å². The molecule has 2 aromatic carbocycles. The predicted molar refractivity (Wildman–Crippen MR) is 112 cm³/mol. The van der Waals surface area contributed by atoms with E-state index in [1.54, 1.807) is 37.4 Å². The molecule has 4 rings (SSSR count). The van der Waals surface area contributed by atoms with Crippen molar-refractivity contribution in [1.29, 1.82) is 0 Å². The van der Waals surface area contributed by atoms with E-state index in [0.29, 0.717) is 28.4 Å². The van der Waals surface area contributed by atoms with Crippen molar-refractivity contribution in [3.05, 3.63) is 47.8 Å². The van der Waals surface area contributed by atoms with Crippen molar-refractivity contribution in [3.8, 4) is 11.5 Å². The molecule has 0 bridgehead atoms. The fraction of sp³-hybridized carbons (Fsp3) is 0.435. The summed E-state index contributed by atoms with van der Waals surface area (Å²) in [7, 11) is 1.56. The van der Waals surface area contributed by atoms with E-state index in [1.165, 1.54) is 18.9 Å². The summed E-state index contributed by atoms with van der Waals surface area (Å²) in [5, 5.41) is 2.77. The first kappa shape index (κ1) is 19.6. The molecule has 0 atom stereocenters. The van der Waals surface area contributed by atoms with Gasteiger partial charge in [-0.25, -0.2) is 4.39 Å². The highest BCUT2D eigenvalue weighted by Crippen LogP contribution is 2.33. The Morgan fingerprint density at radius 2 is 1.79 bits per heavy atom. The molecule has 1 saturated heterocycles. The molecule has 1 saturated carbocycles. The first-order chi connectivity index (χ1) is 14.1. The molecule has 2 aliphatic rings. The van der Waals surface area contributed by atoms with Crippen molar-refractivity contribution < 1.29 is 18.7 Å². The zero-order valence-electron chi connectivity index (χ0n) is 16.7. The van der Waals surface area contributed by atoms with Gasteiger partial charge in [-0.2, -0.15) is 0 Å². The first-order valence-corrected chi connectivity index (χ1v) is 10.3. The second-order valence-electron chi connectivity index (χ2n) is 7.70. The van der Waals surface area contributed by atoms with Crippen molar-refractivity contribution in [2.45, 2.75) is 44.6 Å². The van der Waals surface area contributed by atoms with E-state index >= 15 is 0 Å². The summed E-state index contributed by atoms with van der Waals surface area (Å²) in [6.07, 6.45) is 6.83. The Morgan fingerprint density at radius 1 is 1.03 bits per heavy atom. The number of hydrogen-bond donors (Lipinski definition) is 1. The first-order valence-electron chi connectivity index (χ1n) is 10.3. The van der Waals surface area contributed by atoms with Crippen LogP contribution in [-0.4, -0.2) is 32.2 Å². The maximum Gasteiger partial charge on any atom is 0.255 e. The Morgan fingerprint density at radius 3 is 2.48 bits per heavy atom. The monoisotopic (exact) mass is 398 g/mol. The highest BCUT2D eigenvalue weighted by molar-refractivity contribution is 6.04. The van der Waals surface area contributed by atoms with Crippen LogP contribution in [0.1, 0.15) is 48.9 Å². The van der Waals surface area contributed by atoms with Gasteiger partial charge in [0.25, 0.3) is 5.91 Å². The van der Waals surface area contributed by atoms with Crippen LogP contribution in [0.4, 0.5) is 15.8 Å². The number of benzene rings is 2. The summed E-state index contributed by atoms with van der Waals surface area (Å²) in [5.41, 5.74) is 1.46. The van der Waals surface area contributed by atoms with Crippen molar-refractivity contribution in [2.24, 2.45) is 0 Å². The highest BCUT2D eigenvalue weighted by Gasteiger charge is 2.20. The number of halogens is 1. The van der Waals surface area contributed by atoms with Crippen LogP contribution in [0.15, 0.2) is 36.4 Å². The Bertz CT molecular complexity index is 874. The fourth-order valence-electron chi connectivity index (χ4n) is 4.09. The van der Waals surface area contributed by atoms with Gasteiger partial charge in [0.2, 0.25) is 0 Å². The van der Waals surface area contributed by atoms with Crippen molar-refractivity contribution in [1.82, 2.24) is 0 Å². The number of carbonyl (C=O) groups is 1. The molecule has 1 aliphatic heterocycles. The Kier molecular flexibility index (Phi) is 5.88. The van der Waals surface area contributed by atoms with Crippen LogP contribution in [0.5, 0.6) is 11.5 Å². The lowest BCUT2D eigenvalue weighted by Crippen LogP contribution is -2.19. The van der Waals surface area contributed by atoms with Crippen LogP contribution < -0.4 is 19.7 Å². The molecule has 2 aromatic rings. The zero-order chi connectivity index (χ0) is 20.2. The average Bonchev–Trinajstić information content (AvgIpc) is 3.42. The van der Waals surface area contributed by atoms with Gasteiger partial charge in [-0.05, 0) is 74.9 Å². The average molecular weight is 398 g/mol. The lowest BCUT2D eigenvalue weighted by Gasteiger charge is -2.19. The number of anilines is 2. The van der Waals surface area contributed by atoms with Crippen molar-refractivity contribution in [2.75, 3.05) is 30.4 Å². The van der Waals surface area contributed by atoms with Gasteiger partial charge >= 0.3 is 0 Å². The van der Waals surface area contributed by atoms with Crippen LogP contribution in [0.3, 0.4) is 0 Å². The van der Waals surface area contributed by atoms with Gasteiger partial charge in [-0.3, -0.25) is 4.79 Å². The lowest BCUT2D eigenvalue weighted by molar-refractivity contribution is 0.102. The number of nitrogens with zero attached hydrogens (tertiary/aromatic N) is 1. The maximum atomic E-state index is 14.5. The molecule has 0 spiro atoms. The summed E-state index contributed by atoms with van der Waals surface area (Å²) in [5.74, 6) is 0.545. The van der Waals surface area contributed by atoms with Gasteiger partial charge in [-0.1, -0.05) is 0 Å². The number of carbonyl (C=O) groups excluding carboxylic acids is 1.